The van der Waals surface area contributed by atoms with Gasteiger partial charge in [-0.1, -0.05) is 30.3 Å². The maximum absolute atomic E-state index is 12.7. The molecule has 0 saturated carbocycles. The zero-order valence-corrected chi connectivity index (χ0v) is 13.2. The predicted octanol–water partition coefficient (Wildman–Crippen LogP) is 2.98. The molecule has 0 radical (unpaired) electrons. The number of aliphatic hydroxyl groups excluding tert-OH is 1. The van der Waals surface area contributed by atoms with Crippen LogP contribution in [-0.2, 0) is 0 Å². The highest BCUT2D eigenvalue weighted by molar-refractivity contribution is 5.95. The molecule has 2 aromatic rings. The number of nitrogens with zero attached hydrogens (tertiary/aromatic N) is 2. The van der Waals surface area contributed by atoms with Crippen LogP contribution in [0.5, 0.6) is 0 Å². The van der Waals surface area contributed by atoms with Gasteiger partial charge in [-0.3, -0.25) is 9.78 Å². The van der Waals surface area contributed by atoms with Crippen molar-refractivity contribution in [3.63, 3.8) is 0 Å². The summed E-state index contributed by atoms with van der Waals surface area (Å²) in [6, 6.07) is 11.7. The van der Waals surface area contributed by atoms with E-state index in [-0.39, 0.29) is 11.9 Å². The lowest BCUT2D eigenvalue weighted by Gasteiger charge is -2.28. The van der Waals surface area contributed by atoms with Gasteiger partial charge in [0.1, 0.15) is 0 Å². The summed E-state index contributed by atoms with van der Waals surface area (Å²) in [5.41, 5.74) is 2.47. The van der Waals surface area contributed by atoms with E-state index in [2.05, 4.69) is 4.98 Å². The molecule has 1 heterocycles. The Bertz CT molecular complexity index is 624. The van der Waals surface area contributed by atoms with Gasteiger partial charge in [-0.25, -0.2) is 0 Å². The SMILES string of the molecule is CC(O)CN(C(=O)c1cncc(-c2ccccc2)c1)C(C)C. The second-order valence-electron chi connectivity index (χ2n) is 5.73. The minimum atomic E-state index is -0.559. The third kappa shape index (κ3) is 3.92. The molecule has 1 atom stereocenters. The van der Waals surface area contributed by atoms with Crippen LogP contribution in [0.25, 0.3) is 11.1 Å². The smallest absolute Gasteiger partial charge is 0.255 e. The molecule has 22 heavy (non-hydrogen) atoms. The number of aliphatic hydroxyl groups is 1. The molecule has 1 unspecified atom stereocenters. The number of benzene rings is 1. The average molecular weight is 298 g/mol. The van der Waals surface area contributed by atoms with Crippen LogP contribution in [-0.4, -0.2) is 39.6 Å². The highest BCUT2D eigenvalue weighted by Gasteiger charge is 2.20. The van der Waals surface area contributed by atoms with Gasteiger partial charge in [0, 0.05) is 30.5 Å². The Hall–Kier alpha value is -2.20. The number of rotatable bonds is 5. The Kier molecular flexibility index (Phi) is 5.28. The van der Waals surface area contributed by atoms with Gasteiger partial charge >= 0.3 is 0 Å². The van der Waals surface area contributed by atoms with Crippen LogP contribution < -0.4 is 0 Å². The van der Waals surface area contributed by atoms with Gasteiger partial charge in [0.2, 0.25) is 0 Å². The molecule has 0 fully saturated rings. The van der Waals surface area contributed by atoms with Gasteiger partial charge in [-0.15, -0.1) is 0 Å². The first-order valence-corrected chi connectivity index (χ1v) is 7.48. The summed E-state index contributed by atoms with van der Waals surface area (Å²) < 4.78 is 0. The third-order valence-corrected chi connectivity index (χ3v) is 3.44. The molecule has 1 amide bonds. The van der Waals surface area contributed by atoms with Gasteiger partial charge in [0.15, 0.2) is 0 Å². The summed E-state index contributed by atoms with van der Waals surface area (Å²) in [5.74, 6) is -0.110. The predicted molar refractivity (Wildman–Crippen MR) is 87.5 cm³/mol. The van der Waals surface area contributed by atoms with Crippen molar-refractivity contribution in [1.29, 1.82) is 0 Å². The van der Waals surface area contributed by atoms with Gasteiger partial charge in [-0.05, 0) is 32.4 Å². The van der Waals surface area contributed by atoms with Gasteiger partial charge in [-0.2, -0.15) is 0 Å². The molecular formula is C18H22N2O2. The molecule has 0 saturated heterocycles. The zero-order chi connectivity index (χ0) is 16.1. The van der Waals surface area contributed by atoms with Crippen LogP contribution in [0.3, 0.4) is 0 Å². The van der Waals surface area contributed by atoms with Crippen LogP contribution in [0.15, 0.2) is 48.8 Å². The van der Waals surface area contributed by atoms with Gasteiger partial charge in [0.25, 0.3) is 5.91 Å². The summed E-state index contributed by atoms with van der Waals surface area (Å²) in [7, 11) is 0. The van der Waals surface area contributed by atoms with Gasteiger partial charge in [0.05, 0.1) is 11.7 Å². The summed E-state index contributed by atoms with van der Waals surface area (Å²) in [6.07, 6.45) is 2.77. The van der Waals surface area contributed by atoms with Crippen molar-refractivity contribution >= 4 is 5.91 Å². The molecule has 1 N–H and O–H groups in total. The second kappa shape index (κ2) is 7.18. The van der Waals surface area contributed by atoms with Crippen molar-refractivity contribution in [2.45, 2.75) is 32.9 Å². The number of hydrogen-bond acceptors (Lipinski definition) is 3. The highest BCUT2D eigenvalue weighted by Crippen LogP contribution is 2.20. The van der Waals surface area contributed by atoms with E-state index in [0.29, 0.717) is 12.1 Å². The maximum Gasteiger partial charge on any atom is 0.255 e. The minimum absolute atomic E-state index is 0.0162. The molecule has 4 heteroatoms. The fourth-order valence-corrected chi connectivity index (χ4v) is 2.32. The molecule has 2 rings (SSSR count). The van der Waals surface area contributed by atoms with Crippen molar-refractivity contribution in [2.75, 3.05) is 6.54 Å². The Morgan fingerprint density at radius 1 is 1.14 bits per heavy atom. The summed E-state index contributed by atoms with van der Waals surface area (Å²) in [6.45, 7) is 5.87. The Balaban J connectivity index is 2.30. The first-order chi connectivity index (χ1) is 10.5. The van der Waals surface area contributed by atoms with E-state index in [1.807, 2.05) is 50.2 Å². The molecule has 4 nitrogen and oxygen atoms in total. The van der Waals surface area contributed by atoms with E-state index < -0.39 is 6.10 Å². The van der Waals surface area contributed by atoms with Crippen molar-refractivity contribution in [3.8, 4) is 11.1 Å². The number of pyridine rings is 1. The van der Waals surface area contributed by atoms with Crippen LogP contribution in [0, 0.1) is 0 Å². The normalized spacial score (nSPS) is 12.2. The quantitative estimate of drug-likeness (QED) is 0.923. The largest absolute Gasteiger partial charge is 0.392 e. The lowest BCUT2D eigenvalue weighted by molar-refractivity contribution is 0.0578. The summed E-state index contributed by atoms with van der Waals surface area (Å²) in [5, 5.41) is 9.59. The van der Waals surface area contributed by atoms with Crippen LogP contribution in [0.1, 0.15) is 31.1 Å². The number of hydrogen-bond donors (Lipinski definition) is 1. The zero-order valence-electron chi connectivity index (χ0n) is 13.2. The Morgan fingerprint density at radius 3 is 2.41 bits per heavy atom. The van der Waals surface area contributed by atoms with Gasteiger partial charge < -0.3 is 10.0 Å². The fourth-order valence-electron chi connectivity index (χ4n) is 2.32. The van der Waals surface area contributed by atoms with E-state index in [9.17, 15) is 9.90 Å². The lowest BCUT2D eigenvalue weighted by Crippen LogP contribution is -2.41. The number of aromatic nitrogens is 1. The molecule has 0 aliphatic rings. The molecule has 1 aromatic heterocycles. The summed E-state index contributed by atoms with van der Waals surface area (Å²) >= 11 is 0. The van der Waals surface area contributed by atoms with Crippen LogP contribution in [0.2, 0.25) is 0 Å². The second-order valence-corrected chi connectivity index (χ2v) is 5.73. The number of amides is 1. The van der Waals surface area contributed by atoms with Crippen molar-refractivity contribution in [2.24, 2.45) is 0 Å². The lowest BCUT2D eigenvalue weighted by atomic mass is 10.1. The monoisotopic (exact) mass is 298 g/mol. The minimum Gasteiger partial charge on any atom is -0.392 e. The first-order valence-electron chi connectivity index (χ1n) is 7.48. The van der Waals surface area contributed by atoms with E-state index in [1.165, 1.54) is 0 Å². The van der Waals surface area contributed by atoms with Crippen molar-refractivity contribution in [3.05, 3.63) is 54.4 Å². The maximum atomic E-state index is 12.7. The van der Waals surface area contributed by atoms with E-state index in [4.69, 9.17) is 0 Å². The number of carbonyl (C=O) groups is 1. The topological polar surface area (TPSA) is 53.4 Å². The van der Waals surface area contributed by atoms with Crippen LogP contribution >= 0.6 is 0 Å². The van der Waals surface area contributed by atoms with E-state index in [0.717, 1.165) is 11.1 Å². The molecule has 0 aliphatic carbocycles. The molecule has 0 spiro atoms. The fraction of sp³-hybridized carbons (Fsp3) is 0.333. The van der Waals surface area contributed by atoms with Crippen molar-refractivity contribution < 1.29 is 9.90 Å². The molecule has 1 aromatic carbocycles. The Morgan fingerprint density at radius 2 is 1.82 bits per heavy atom. The summed E-state index contributed by atoms with van der Waals surface area (Å²) in [4.78, 5) is 18.5. The molecule has 0 bridgehead atoms. The Labute approximate surface area is 131 Å². The van der Waals surface area contributed by atoms with Crippen molar-refractivity contribution in [1.82, 2.24) is 9.88 Å². The molecule has 0 aliphatic heterocycles. The third-order valence-electron chi connectivity index (χ3n) is 3.44. The molecular weight excluding hydrogens is 276 g/mol. The average Bonchev–Trinajstić information content (AvgIpc) is 2.52. The molecule has 116 valence electrons. The first kappa shape index (κ1) is 16.2. The van der Waals surface area contributed by atoms with E-state index >= 15 is 0 Å². The standard InChI is InChI=1S/C18H22N2O2/c1-13(2)20(12-14(3)21)18(22)17-9-16(10-19-11-17)15-7-5-4-6-8-15/h4-11,13-14,21H,12H2,1-3H3. The van der Waals surface area contributed by atoms with E-state index in [1.54, 1.807) is 24.2 Å². The highest BCUT2D eigenvalue weighted by atomic mass is 16.3. The van der Waals surface area contributed by atoms with Crippen LogP contribution in [0.4, 0.5) is 0 Å². The number of carbonyl (C=O) groups excluding carboxylic acids is 1.